The molecule has 3 aromatic rings. The van der Waals surface area contributed by atoms with E-state index in [1.54, 1.807) is 40.4 Å². The van der Waals surface area contributed by atoms with Crippen LogP contribution in [0, 0.1) is 5.92 Å². The molecule has 1 aliphatic rings. The van der Waals surface area contributed by atoms with Crippen molar-refractivity contribution in [2.24, 2.45) is 5.92 Å². The van der Waals surface area contributed by atoms with E-state index in [4.69, 9.17) is 0 Å². The summed E-state index contributed by atoms with van der Waals surface area (Å²) in [5.41, 5.74) is 3.94. The van der Waals surface area contributed by atoms with Gasteiger partial charge in [-0.2, -0.15) is 0 Å². The number of rotatable bonds is 6. The molecule has 4 rings (SSSR count). The van der Waals surface area contributed by atoms with Gasteiger partial charge in [-0.1, -0.05) is 60.7 Å². The zero-order chi connectivity index (χ0) is 22.3. The van der Waals surface area contributed by atoms with Crippen LogP contribution in [-0.4, -0.2) is 52.8 Å². The predicted molar refractivity (Wildman–Crippen MR) is 126 cm³/mol. The molecule has 0 radical (unpaired) electrons. The lowest BCUT2D eigenvalue weighted by Gasteiger charge is -2.24. The third-order valence-electron chi connectivity index (χ3n) is 5.82. The summed E-state index contributed by atoms with van der Waals surface area (Å²) in [4.78, 5) is 34.0. The summed E-state index contributed by atoms with van der Waals surface area (Å²) >= 11 is 0. The lowest BCUT2D eigenvalue weighted by molar-refractivity contribution is -0.134. The van der Waals surface area contributed by atoms with Crippen LogP contribution in [-0.2, 0) is 11.2 Å². The van der Waals surface area contributed by atoms with Crippen molar-refractivity contribution in [1.82, 2.24) is 14.8 Å². The molecule has 1 saturated heterocycles. The summed E-state index contributed by atoms with van der Waals surface area (Å²) in [5.74, 6) is -0.307. The summed E-state index contributed by atoms with van der Waals surface area (Å²) in [7, 11) is 0. The number of aromatic nitrogens is 1. The molecule has 1 fully saturated rings. The van der Waals surface area contributed by atoms with Gasteiger partial charge >= 0.3 is 0 Å². The third kappa shape index (κ3) is 4.94. The van der Waals surface area contributed by atoms with Gasteiger partial charge in [0.1, 0.15) is 0 Å². The Labute approximate surface area is 189 Å². The van der Waals surface area contributed by atoms with E-state index in [9.17, 15) is 9.59 Å². The number of pyridine rings is 1. The van der Waals surface area contributed by atoms with E-state index in [0.29, 0.717) is 38.2 Å². The predicted octanol–water partition coefficient (Wildman–Crippen LogP) is 4.08. The Balaban J connectivity index is 1.59. The molecule has 2 heterocycles. The molecule has 0 unspecified atom stereocenters. The van der Waals surface area contributed by atoms with Gasteiger partial charge in [-0.3, -0.25) is 14.6 Å². The van der Waals surface area contributed by atoms with E-state index < -0.39 is 0 Å². The molecule has 32 heavy (non-hydrogen) atoms. The first kappa shape index (κ1) is 21.5. The molecular weight excluding hydrogens is 398 g/mol. The SMILES string of the molecule is C=CCN1CCN(C(=O)c2ccncc2)C[C@@H](Cc2cccc(-c3ccccc3)c2)C1=O. The van der Waals surface area contributed by atoms with Crippen LogP contribution < -0.4 is 0 Å². The van der Waals surface area contributed by atoms with Crippen LogP contribution in [0.3, 0.4) is 0 Å². The summed E-state index contributed by atoms with van der Waals surface area (Å²) < 4.78 is 0. The first-order chi connectivity index (χ1) is 15.7. The van der Waals surface area contributed by atoms with Crippen LogP contribution >= 0.6 is 0 Å². The number of amides is 2. The van der Waals surface area contributed by atoms with Gasteiger partial charge in [-0.15, -0.1) is 6.58 Å². The van der Waals surface area contributed by atoms with E-state index in [-0.39, 0.29) is 17.7 Å². The Hall–Kier alpha value is -3.73. The molecule has 162 valence electrons. The average molecular weight is 426 g/mol. The van der Waals surface area contributed by atoms with Crippen molar-refractivity contribution in [3.05, 3.63) is 103 Å². The van der Waals surface area contributed by atoms with Crippen LogP contribution in [0.4, 0.5) is 0 Å². The summed E-state index contributed by atoms with van der Waals surface area (Å²) in [5, 5.41) is 0. The summed E-state index contributed by atoms with van der Waals surface area (Å²) in [6, 6.07) is 21.9. The molecule has 0 aliphatic carbocycles. The fourth-order valence-electron chi connectivity index (χ4n) is 4.19. The van der Waals surface area contributed by atoms with E-state index in [2.05, 4.69) is 41.9 Å². The summed E-state index contributed by atoms with van der Waals surface area (Å²) in [6.45, 7) is 5.67. The van der Waals surface area contributed by atoms with Gasteiger partial charge in [-0.05, 0) is 35.2 Å². The Kier molecular flexibility index (Phi) is 6.75. The molecule has 0 saturated carbocycles. The highest BCUT2D eigenvalue weighted by atomic mass is 16.2. The molecule has 5 nitrogen and oxygen atoms in total. The van der Waals surface area contributed by atoms with Crippen molar-refractivity contribution < 1.29 is 9.59 Å². The highest BCUT2D eigenvalue weighted by molar-refractivity contribution is 5.94. The van der Waals surface area contributed by atoms with Crippen LogP contribution in [0.2, 0.25) is 0 Å². The fraction of sp³-hybridized carbons (Fsp3) is 0.222. The second-order valence-corrected chi connectivity index (χ2v) is 8.03. The van der Waals surface area contributed by atoms with Crippen molar-refractivity contribution in [2.45, 2.75) is 6.42 Å². The quantitative estimate of drug-likeness (QED) is 0.559. The average Bonchev–Trinajstić information content (AvgIpc) is 2.99. The molecular formula is C27H27N3O2. The molecule has 2 amide bonds. The van der Waals surface area contributed by atoms with Gasteiger partial charge in [0.15, 0.2) is 0 Å². The first-order valence-corrected chi connectivity index (χ1v) is 10.9. The first-order valence-electron chi connectivity index (χ1n) is 10.9. The minimum atomic E-state index is -0.311. The van der Waals surface area contributed by atoms with E-state index in [0.717, 1.165) is 16.7 Å². The number of hydrogen-bond donors (Lipinski definition) is 0. The number of carbonyl (C=O) groups excluding carboxylic acids is 2. The lowest BCUT2D eigenvalue weighted by Crippen LogP contribution is -2.38. The second-order valence-electron chi connectivity index (χ2n) is 8.03. The van der Waals surface area contributed by atoms with E-state index in [1.807, 2.05) is 24.3 Å². The van der Waals surface area contributed by atoms with Gasteiger partial charge in [0.05, 0.1) is 5.92 Å². The molecule has 5 heteroatoms. The third-order valence-corrected chi connectivity index (χ3v) is 5.82. The minimum Gasteiger partial charge on any atom is -0.337 e. The van der Waals surface area contributed by atoms with E-state index >= 15 is 0 Å². The van der Waals surface area contributed by atoms with Gasteiger partial charge in [0.25, 0.3) is 5.91 Å². The molecule has 1 aromatic heterocycles. The van der Waals surface area contributed by atoms with Crippen LogP contribution in [0.25, 0.3) is 11.1 Å². The standard InChI is InChI=1S/C27H27N3O2/c1-2-15-29-16-17-30(26(31)23-11-13-28-14-12-23)20-25(27(29)32)19-21-7-6-10-24(18-21)22-8-4-3-5-9-22/h2-14,18,25H,1,15-17,19-20H2/t25-/m1/s1. The zero-order valence-electron chi connectivity index (χ0n) is 18.1. The maximum atomic E-state index is 13.3. The van der Waals surface area contributed by atoms with Crippen molar-refractivity contribution >= 4 is 11.8 Å². The topological polar surface area (TPSA) is 53.5 Å². The van der Waals surface area contributed by atoms with Gasteiger partial charge in [0, 0.05) is 44.1 Å². The van der Waals surface area contributed by atoms with Gasteiger partial charge in [0.2, 0.25) is 5.91 Å². The largest absolute Gasteiger partial charge is 0.337 e. The molecule has 0 spiro atoms. The summed E-state index contributed by atoms with van der Waals surface area (Å²) in [6.07, 6.45) is 5.55. The zero-order valence-corrected chi connectivity index (χ0v) is 18.1. The van der Waals surface area contributed by atoms with Crippen LogP contribution in [0.1, 0.15) is 15.9 Å². The number of hydrogen-bond acceptors (Lipinski definition) is 3. The molecule has 0 bridgehead atoms. The maximum Gasteiger partial charge on any atom is 0.254 e. The van der Waals surface area contributed by atoms with Gasteiger partial charge < -0.3 is 9.80 Å². The Bertz CT molecular complexity index is 1080. The monoisotopic (exact) mass is 425 g/mol. The Morgan fingerprint density at radius 3 is 2.50 bits per heavy atom. The number of nitrogens with zero attached hydrogens (tertiary/aromatic N) is 3. The molecule has 1 aliphatic heterocycles. The minimum absolute atomic E-state index is 0.0660. The van der Waals surface area contributed by atoms with E-state index in [1.165, 1.54) is 0 Å². The lowest BCUT2D eigenvalue weighted by atomic mass is 9.94. The van der Waals surface area contributed by atoms with Crippen molar-refractivity contribution in [1.29, 1.82) is 0 Å². The second kappa shape index (κ2) is 10.1. The Morgan fingerprint density at radius 2 is 1.75 bits per heavy atom. The highest BCUT2D eigenvalue weighted by Crippen LogP contribution is 2.23. The normalized spacial score (nSPS) is 16.5. The van der Waals surface area contributed by atoms with Gasteiger partial charge in [-0.25, -0.2) is 0 Å². The fourth-order valence-corrected chi connectivity index (χ4v) is 4.19. The van der Waals surface area contributed by atoms with Crippen LogP contribution in [0.15, 0.2) is 91.8 Å². The molecule has 2 aromatic carbocycles. The van der Waals surface area contributed by atoms with Crippen molar-refractivity contribution in [2.75, 3.05) is 26.2 Å². The van der Waals surface area contributed by atoms with Crippen LogP contribution in [0.5, 0.6) is 0 Å². The maximum absolute atomic E-state index is 13.3. The Morgan fingerprint density at radius 1 is 1.00 bits per heavy atom. The molecule has 0 N–H and O–H groups in total. The van der Waals surface area contributed by atoms with Crippen molar-refractivity contribution in [3.63, 3.8) is 0 Å². The molecule has 1 atom stereocenters. The smallest absolute Gasteiger partial charge is 0.254 e. The number of carbonyl (C=O) groups is 2. The number of benzene rings is 2. The van der Waals surface area contributed by atoms with Crippen molar-refractivity contribution in [3.8, 4) is 11.1 Å². The highest BCUT2D eigenvalue weighted by Gasteiger charge is 2.32.